The Morgan fingerprint density at radius 3 is 2.56 bits per heavy atom. The van der Waals surface area contributed by atoms with Crippen LogP contribution in [0, 0.1) is 17.0 Å². The van der Waals surface area contributed by atoms with Crippen LogP contribution in [0.25, 0.3) is 0 Å². The maximum atomic E-state index is 13.6. The van der Waals surface area contributed by atoms with Gasteiger partial charge in [0.2, 0.25) is 0 Å². The molecule has 1 nitrogen and oxygen atoms in total. The number of halogens is 3. The van der Waals surface area contributed by atoms with Gasteiger partial charge in [-0.1, -0.05) is 13.8 Å². The molecule has 0 saturated carbocycles. The van der Waals surface area contributed by atoms with Gasteiger partial charge in [0.15, 0.2) is 0 Å². The molecular weight excluding hydrogens is 232 g/mol. The van der Waals surface area contributed by atoms with Gasteiger partial charge in [0, 0.05) is 19.0 Å². The lowest BCUT2D eigenvalue weighted by Crippen LogP contribution is -2.21. The fraction of sp³-hybridized carbons (Fsp3) is 0.500. The van der Waals surface area contributed by atoms with Crippen molar-refractivity contribution >= 4 is 12.4 Å². The smallest absolute Gasteiger partial charge is 0.126 e. The van der Waals surface area contributed by atoms with Crippen LogP contribution in [-0.2, 0) is 0 Å². The lowest BCUT2D eigenvalue weighted by molar-refractivity contribution is 0.354. The second-order valence-corrected chi connectivity index (χ2v) is 4.84. The molecule has 1 saturated heterocycles. The highest BCUT2D eigenvalue weighted by Crippen LogP contribution is 2.39. The third-order valence-electron chi connectivity index (χ3n) is 3.21. The van der Waals surface area contributed by atoms with Gasteiger partial charge in [0.05, 0.1) is 0 Å². The standard InChI is InChI=1S/C12H15F2N.ClH/c1-12(2)7-15-6-10(12)9-5-8(13)3-4-11(9)14;/h3-5,10,15H,6-7H2,1-2H3;1H. The van der Waals surface area contributed by atoms with Gasteiger partial charge in [0.25, 0.3) is 0 Å². The van der Waals surface area contributed by atoms with Crippen molar-refractivity contribution in [3.63, 3.8) is 0 Å². The van der Waals surface area contributed by atoms with Crippen molar-refractivity contribution in [2.24, 2.45) is 5.41 Å². The number of hydrogen-bond donors (Lipinski definition) is 1. The van der Waals surface area contributed by atoms with Crippen LogP contribution in [0.15, 0.2) is 18.2 Å². The topological polar surface area (TPSA) is 12.0 Å². The summed E-state index contributed by atoms with van der Waals surface area (Å²) < 4.78 is 26.6. The van der Waals surface area contributed by atoms with Crippen molar-refractivity contribution in [3.8, 4) is 0 Å². The summed E-state index contributed by atoms with van der Waals surface area (Å²) in [6.07, 6.45) is 0. The highest BCUT2D eigenvalue weighted by Gasteiger charge is 2.36. The second kappa shape index (κ2) is 4.68. The minimum Gasteiger partial charge on any atom is -0.316 e. The lowest BCUT2D eigenvalue weighted by Gasteiger charge is -2.26. The van der Waals surface area contributed by atoms with E-state index in [1.807, 2.05) is 0 Å². The highest BCUT2D eigenvalue weighted by molar-refractivity contribution is 5.85. The van der Waals surface area contributed by atoms with Gasteiger partial charge in [-0.15, -0.1) is 12.4 Å². The van der Waals surface area contributed by atoms with E-state index < -0.39 is 0 Å². The molecule has 0 radical (unpaired) electrons. The molecule has 16 heavy (non-hydrogen) atoms. The zero-order valence-corrected chi connectivity index (χ0v) is 10.2. The molecule has 1 N–H and O–H groups in total. The molecule has 1 aromatic carbocycles. The Bertz CT molecular complexity index is 379. The molecule has 4 heteroatoms. The largest absolute Gasteiger partial charge is 0.316 e. The van der Waals surface area contributed by atoms with Gasteiger partial charge < -0.3 is 5.32 Å². The normalized spacial score (nSPS) is 22.9. The van der Waals surface area contributed by atoms with Gasteiger partial charge in [0.1, 0.15) is 11.6 Å². The van der Waals surface area contributed by atoms with Gasteiger partial charge >= 0.3 is 0 Å². The molecule has 1 unspecified atom stereocenters. The maximum absolute atomic E-state index is 13.6. The van der Waals surface area contributed by atoms with Gasteiger partial charge in [-0.3, -0.25) is 0 Å². The van der Waals surface area contributed by atoms with Crippen molar-refractivity contribution < 1.29 is 8.78 Å². The van der Waals surface area contributed by atoms with Crippen molar-refractivity contribution in [3.05, 3.63) is 35.4 Å². The summed E-state index contributed by atoms with van der Waals surface area (Å²) in [7, 11) is 0. The average molecular weight is 248 g/mol. The summed E-state index contributed by atoms with van der Waals surface area (Å²) in [5.41, 5.74) is 0.472. The van der Waals surface area contributed by atoms with Crippen molar-refractivity contribution in [1.82, 2.24) is 5.32 Å². The Morgan fingerprint density at radius 2 is 2.00 bits per heavy atom. The molecule has 0 aliphatic carbocycles. The van der Waals surface area contributed by atoms with Crippen LogP contribution in [0.5, 0.6) is 0 Å². The zero-order chi connectivity index (χ0) is 11.1. The van der Waals surface area contributed by atoms with Crippen LogP contribution in [-0.4, -0.2) is 13.1 Å². The van der Waals surface area contributed by atoms with Crippen LogP contribution in [0.3, 0.4) is 0 Å². The molecule has 0 spiro atoms. The zero-order valence-electron chi connectivity index (χ0n) is 9.39. The Labute approximate surface area is 101 Å². The monoisotopic (exact) mass is 247 g/mol. The minimum atomic E-state index is -0.367. The fourth-order valence-corrected chi connectivity index (χ4v) is 2.25. The Kier molecular flexibility index (Phi) is 3.92. The first-order chi connectivity index (χ1) is 7.00. The predicted molar refractivity (Wildman–Crippen MR) is 63.0 cm³/mol. The maximum Gasteiger partial charge on any atom is 0.126 e. The highest BCUT2D eigenvalue weighted by atomic mass is 35.5. The molecule has 1 aliphatic heterocycles. The molecular formula is C12H16ClF2N. The number of rotatable bonds is 1. The summed E-state index contributed by atoms with van der Waals surface area (Å²) in [6.45, 7) is 5.70. The van der Waals surface area contributed by atoms with Gasteiger partial charge in [-0.05, 0) is 29.2 Å². The molecule has 1 aliphatic rings. The third kappa shape index (κ3) is 2.36. The molecule has 1 fully saturated rings. The van der Waals surface area contributed by atoms with E-state index in [2.05, 4.69) is 19.2 Å². The van der Waals surface area contributed by atoms with E-state index in [-0.39, 0.29) is 35.4 Å². The quantitative estimate of drug-likeness (QED) is 0.804. The van der Waals surface area contributed by atoms with E-state index in [0.29, 0.717) is 12.1 Å². The predicted octanol–water partition coefficient (Wildman–Crippen LogP) is 3.10. The van der Waals surface area contributed by atoms with Crippen LogP contribution < -0.4 is 5.32 Å². The molecule has 1 heterocycles. The Hall–Kier alpha value is -0.670. The van der Waals surface area contributed by atoms with Gasteiger partial charge in [-0.25, -0.2) is 8.78 Å². The third-order valence-corrected chi connectivity index (χ3v) is 3.21. The molecule has 90 valence electrons. The molecule has 1 atom stereocenters. The molecule has 0 amide bonds. The average Bonchev–Trinajstić information content (AvgIpc) is 2.50. The first kappa shape index (κ1) is 13.4. The summed E-state index contributed by atoms with van der Waals surface area (Å²) in [6, 6.07) is 3.68. The first-order valence-corrected chi connectivity index (χ1v) is 5.16. The van der Waals surface area contributed by atoms with E-state index >= 15 is 0 Å². The number of nitrogens with one attached hydrogen (secondary N) is 1. The lowest BCUT2D eigenvalue weighted by atomic mass is 9.77. The fourth-order valence-electron chi connectivity index (χ4n) is 2.25. The van der Waals surface area contributed by atoms with Crippen LogP contribution in [0.4, 0.5) is 8.78 Å². The van der Waals surface area contributed by atoms with Crippen LogP contribution in [0.1, 0.15) is 25.3 Å². The van der Waals surface area contributed by atoms with Crippen molar-refractivity contribution in [1.29, 1.82) is 0 Å². The summed E-state index contributed by atoms with van der Waals surface area (Å²) in [4.78, 5) is 0. The van der Waals surface area contributed by atoms with Gasteiger partial charge in [-0.2, -0.15) is 0 Å². The van der Waals surface area contributed by atoms with Crippen molar-refractivity contribution in [2.75, 3.05) is 13.1 Å². The SMILES string of the molecule is CC1(C)CNCC1c1cc(F)ccc1F.Cl. The summed E-state index contributed by atoms with van der Waals surface area (Å²) in [5, 5.41) is 3.22. The van der Waals surface area contributed by atoms with E-state index in [1.54, 1.807) is 0 Å². The van der Waals surface area contributed by atoms with Crippen LogP contribution >= 0.6 is 12.4 Å². The molecule has 1 aromatic rings. The number of hydrogen-bond acceptors (Lipinski definition) is 1. The van der Waals surface area contributed by atoms with E-state index in [4.69, 9.17) is 0 Å². The first-order valence-electron chi connectivity index (χ1n) is 5.16. The summed E-state index contributed by atoms with van der Waals surface area (Å²) in [5.74, 6) is -0.625. The second-order valence-electron chi connectivity index (χ2n) is 4.84. The number of benzene rings is 1. The molecule has 2 rings (SSSR count). The van der Waals surface area contributed by atoms with Crippen molar-refractivity contribution in [2.45, 2.75) is 19.8 Å². The van der Waals surface area contributed by atoms with E-state index in [0.717, 1.165) is 12.6 Å². The van der Waals surface area contributed by atoms with E-state index in [1.165, 1.54) is 12.1 Å². The molecule has 0 bridgehead atoms. The van der Waals surface area contributed by atoms with Crippen LogP contribution in [0.2, 0.25) is 0 Å². The Morgan fingerprint density at radius 1 is 1.31 bits per heavy atom. The molecule has 0 aromatic heterocycles. The summed E-state index contributed by atoms with van der Waals surface area (Å²) >= 11 is 0. The Balaban J connectivity index is 0.00000128. The van der Waals surface area contributed by atoms with E-state index in [9.17, 15) is 8.78 Å². The minimum absolute atomic E-state index is 0.